The minimum Gasteiger partial charge on any atom is -0.397 e. The molecule has 0 amide bonds. The highest BCUT2D eigenvalue weighted by molar-refractivity contribution is 9.10. The summed E-state index contributed by atoms with van der Waals surface area (Å²) < 4.78 is 19.2. The molecule has 0 atom stereocenters. The van der Waals surface area contributed by atoms with Crippen LogP contribution in [0.25, 0.3) is 5.70 Å². The Kier molecular flexibility index (Phi) is 5.52. The Labute approximate surface area is 136 Å². The summed E-state index contributed by atoms with van der Waals surface area (Å²) in [6.07, 6.45) is 1.51. The first-order valence-corrected chi connectivity index (χ1v) is 7.59. The molecule has 1 saturated heterocycles. The van der Waals surface area contributed by atoms with E-state index in [-0.39, 0.29) is 23.1 Å². The number of halogens is 2. The number of rotatable bonds is 3. The fraction of sp³-hybridized carbons (Fsp3) is 0.333. The lowest BCUT2D eigenvalue weighted by atomic mass is 10.1. The van der Waals surface area contributed by atoms with Crippen molar-refractivity contribution in [2.24, 2.45) is 16.5 Å². The first kappa shape index (κ1) is 16.5. The van der Waals surface area contributed by atoms with Crippen LogP contribution >= 0.6 is 15.9 Å². The molecule has 1 aliphatic rings. The van der Waals surface area contributed by atoms with Gasteiger partial charge in [0.2, 0.25) is 0 Å². The van der Waals surface area contributed by atoms with Gasteiger partial charge in [0.25, 0.3) is 0 Å². The normalized spacial score (nSPS) is 17.8. The van der Waals surface area contributed by atoms with Crippen molar-refractivity contribution in [2.75, 3.05) is 13.2 Å². The highest BCUT2D eigenvalue weighted by atomic mass is 79.9. The van der Waals surface area contributed by atoms with Crippen LogP contribution in [0.2, 0.25) is 0 Å². The van der Waals surface area contributed by atoms with E-state index >= 15 is 0 Å². The highest BCUT2D eigenvalue weighted by Gasteiger charge is 2.16. The number of ether oxygens (including phenoxy) is 1. The van der Waals surface area contributed by atoms with Gasteiger partial charge in [-0.1, -0.05) is 6.07 Å². The van der Waals surface area contributed by atoms with Gasteiger partial charge in [-0.15, -0.1) is 0 Å². The standard InChI is InChI=1S/C15H16BrFN4O/c16-12-2-1-9(7-13(12)17)14(19)11(8-18)15(20)21-10-3-5-22-6-4-10/h1-2,7,10H,3-6,19H2,(H2,20,21)/b14-11-. The van der Waals surface area contributed by atoms with Crippen molar-refractivity contribution in [2.45, 2.75) is 18.9 Å². The Bertz CT molecular complexity index is 660. The summed E-state index contributed by atoms with van der Waals surface area (Å²) in [6.45, 7) is 1.25. The maximum atomic E-state index is 13.6. The van der Waals surface area contributed by atoms with E-state index in [4.69, 9.17) is 16.2 Å². The monoisotopic (exact) mass is 366 g/mol. The summed E-state index contributed by atoms with van der Waals surface area (Å²) in [5, 5.41) is 9.31. The molecule has 5 nitrogen and oxygen atoms in total. The summed E-state index contributed by atoms with van der Waals surface area (Å²) in [4.78, 5) is 4.34. The number of aliphatic imine (C=N–C) groups is 1. The molecule has 0 aromatic heterocycles. The van der Waals surface area contributed by atoms with Gasteiger partial charge in [0, 0.05) is 18.8 Å². The molecule has 1 fully saturated rings. The maximum Gasteiger partial charge on any atom is 0.138 e. The van der Waals surface area contributed by atoms with Crippen molar-refractivity contribution in [1.82, 2.24) is 0 Å². The largest absolute Gasteiger partial charge is 0.397 e. The van der Waals surface area contributed by atoms with Gasteiger partial charge in [-0.25, -0.2) is 4.39 Å². The number of nitriles is 1. The molecule has 4 N–H and O–H groups in total. The van der Waals surface area contributed by atoms with Crippen molar-refractivity contribution in [3.8, 4) is 6.07 Å². The predicted octanol–water partition coefficient (Wildman–Crippen LogP) is 2.32. The van der Waals surface area contributed by atoms with Gasteiger partial charge in [-0.05, 0) is 40.9 Å². The number of amidine groups is 1. The molecule has 0 aliphatic carbocycles. The average Bonchev–Trinajstić information content (AvgIpc) is 2.51. The minimum atomic E-state index is -0.460. The third-order valence-corrected chi connectivity index (χ3v) is 4.02. The minimum absolute atomic E-state index is 0.0200. The Balaban J connectivity index is 2.33. The number of benzene rings is 1. The zero-order chi connectivity index (χ0) is 16.1. The average molecular weight is 367 g/mol. The molecule has 2 rings (SSSR count). The van der Waals surface area contributed by atoms with E-state index in [1.165, 1.54) is 12.1 Å². The van der Waals surface area contributed by atoms with Crippen LogP contribution in [0.4, 0.5) is 4.39 Å². The van der Waals surface area contributed by atoms with Crippen LogP contribution in [0.5, 0.6) is 0 Å². The summed E-state index contributed by atoms with van der Waals surface area (Å²) in [5.74, 6) is -0.382. The molecule has 22 heavy (non-hydrogen) atoms. The van der Waals surface area contributed by atoms with Gasteiger partial charge in [-0.3, -0.25) is 4.99 Å². The number of nitrogens with two attached hydrogens (primary N) is 2. The van der Waals surface area contributed by atoms with Gasteiger partial charge in [0.1, 0.15) is 23.3 Å². The summed E-state index contributed by atoms with van der Waals surface area (Å²) >= 11 is 3.07. The van der Waals surface area contributed by atoms with Crippen LogP contribution in [0.3, 0.4) is 0 Å². The molecular weight excluding hydrogens is 351 g/mol. The van der Waals surface area contributed by atoms with E-state index < -0.39 is 5.82 Å². The molecule has 116 valence electrons. The molecule has 1 aromatic rings. The van der Waals surface area contributed by atoms with Crippen LogP contribution in [0.1, 0.15) is 18.4 Å². The van der Waals surface area contributed by atoms with E-state index in [2.05, 4.69) is 20.9 Å². The molecule has 7 heteroatoms. The van der Waals surface area contributed by atoms with Crippen molar-refractivity contribution >= 4 is 27.5 Å². The van der Waals surface area contributed by atoms with E-state index in [0.29, 0.717) is 23.2 Å². The lowest BCUT2D eigenvalue weighted by Crippen LogP contribution is -2.25. The van der Waals surface area contributed by atoms with Crippen LogP contribution in [0, 0.1) is 17.1 Å². The second-order valence-corrected chi connectivity index (χ2v) is 5.74. The first-order valence-electron chi connectivity index (χ1n) is 6.79. The van der Waals surface area contributed by atoms with Crippen LogP contribution < -0.4 is 11.5 Å². The van der Waals surface area contributed by atoms with E-state index in [9.17, 15) is 9.65 Å². The van der Waals surface area contributed by atoms with Crippen LogP contribution in [0.15, 0.2) is 33.2 Å². The summed E-state index contributed by atoms with van der Waals surface area (Å²) in [7, 11) is 0. The van der Waals surface area contributed by atoms with E-state index in [1.807, 2.05) is 6.07 Å². The van der Waals surface area contributed by atoms with Crippen molar-refractivity contribution in [1.29, 1.82) is 5.26 Å². The lowest BCUT2D eigenvalue weighted by Gasteiger charge is -2.19. The predicted molar refractivity (Wildman–Crippen MR) is 86.3 cm³/mol. The van der Waals surface area contributed by atoms with E-state index in [1.54, 1.807) is 6.07 Å². The quantitative estimate of drug-likeness (QED) is 0.487. The smallest absolute Gasteiger partial charge is 0.138 e. The molecule has 1 aliphatic heterocycles. The molecule has 0 unspecified atom stereocenters. The van der Waals surface area contributed by atoms with Crippen molar-refractivity contribution in [3.63, 3.8) is 0 Å². The SMILES string of the molecule is N#C/C(C(N)=NC1CCOCC1)=C(/N)c1ccc(Br)c(F)c1. The third-order valence-electron chi connectivity index (χ3n) is 3.38. The summed E-state index contributed by atoms with van der Waals surface area (Å²) in [5.41, 5.74) is 12.4. The molecule has 1 aromatic carbocycles. The Morgan fingerprint density at radius 2 is 2.05 bits per heavy atom. The number of hydrogen-bond acceptors (Lipinski definition) is 4. The molecule has 0 saturated carbocycles. The second kappa shape index (κ2) is 7.38. The fourth-order valence-corrected chi connectivity index (χ4v) is 2.39. The molecule has 1 heterocycles. The van der Waals surface area contributed by atoms with Gasteiger partial charge in [-0.2, -0.15) is 5.26 Å². The first-order chi connectivity index (χ1) is 10.5. The highest BCUT2D eigenvalue weighted by Crippen LogP contribution is 2.21. The Hall–Kier alpha value is -1.91. The second-order valence-electron chi connectivity index (χ2n) is 4.89. The Morgan fingerprint density at radius 3 is 2.64 bits per heavy atom. The summed E-state index contributed by atoms with van der Waals surface area (Å²) in [6, 6.07) is 6.36. The van der Waals surface area contributed by atoms with Gasteiger partial charge >= 0.3 is 0 Å². The number of hydrogen-bond donors (Lipinski definition) is 2. The Morgan fingerprint density at radius 1 is 1.36 bits per heavy atom. The molecule has 0 radical (unpaired) electrons. The zero-order valence-corrected chi connectivity index (χ0v) is 13.4. The topological polar surface area (TPSA) is 97.4 Å². The van der Waals surface area contributed by atoms with Gasteiger partial charge in [0.15, 0.2) is 0 Å². The molecule has 0 spiro atoms. The number of nitrogens with zero attached hydrogens (tertiary/aromatic N) is 2. The lowest BCUT2D eigenvalue weighted by molar-refractivity contribution is 0.0871. The van der Waals surface area contributed by atoms with Crippen LogP contribution in [-0.4, -0.2) is 25.1 Å². The van der Waals surface area contributed by atoms with Crippen molar-refractivity contribution in [3.05, 3.63) is 39.6 Å². The molecular formula is C15H16BrFN4O. The zero-order valence-electron chi connectivity index (χ0n) is 11.9. The van der Waals surface area contributed by atoms with Crippen molar-refractivity contribution < 1.29 is 9.13 Å². The van der Waals surface area contributed by atoms with Crippen LogP contribution in [-0.2, 0) is 4.74 Å². The van der Waals surface area contributed by atoms with E-state index in [0.717, 1.165) is 12.8 Å². The molecule has 0 bridgehead atoms. The third kappa shape index (κ3) is 3.84. The maximum absolute atomic E-state index is 13.6. The van der Waals surface area contributed by atoms with Gasteiger partial charge < -0.3 is 16.2 Å². The van der Waals surface area contributed by atoms with Gasteiger partial charge in [0.05, 0.1) is 16.2 Å². The fourth-order valence-electron chi connectivity index (χ4n) is 2.14.